The van der Waals surface area contributed by atoms with Crippen LogP contribution in [-0.4, -0.2) is 22.0 Å². The molecule has 2 rings (SSSR count). The molecule has 0 heterocycles. The molecule has 1 saturated carbocycles. The third-order valence-electron chi connectivity index (χ3n) is 3.67. The number of aliphatic carboxylic acids is 1. The second kappa shape index (κ2) is 5.58. The third kappa shape index (κ3) is 2.74. The van der Waals surface area contributed by atoms with Crippen molar-refractivity contribution < 1.29 is 24.1 Å². The van der Waals surface area contributed by atoms with Crippen molar-refractivity contribution in [2.24, 2.45) is 0 Å². The van der Waals surface area contributed by atoms with E-state index < -0.39 is 17.6 Å². The van der Waals surface area contributed by atoms with E-state index in [9.17, 15) is 14.3 Å². The van der Waals surface area contributed by atoms with Crippen LogP contribution in [0.2, 0.25) is 5.02 Å². The summed E-state index contributed by atoms with van der Waals surface area (Å²) in [6.07, 6.45) is 2.56. The second-order valence-corrected chi connectivity index (χ2v) is 5.42. The summed E-state index contributed by atoms with van der Waals surface area (Å²) in [7, 11) is 0. The zero-order chi connectivity index (χ0) is 14.9. The Morgan fingerprint density at radius 3 is 2.65 bits per heavy atom. The number of carboxylic acid groups (broad SMARTS) is 1. The van der Waals surface area contributed by atoms with E-state index in [4.69, 9.17) is 21.4 Å². The fourth-order valence-corrected chi connectivity index (χ4v) is 2.36. The van der Waals surface area contributed by atoms with Crippen LogP contribution in [0.25, 0.3) is 0 Å². The SMILES string of the molecule is CC[C@@](O)(Oc1c(F)cc(Cl)cc1C1CCC1)C(=O)O. The molecule has 1 aromatic rings. The van der Waals surface area contributed by atoms with Crippen LogP contribution < -0.4 is 4.74 Å². The molecule has 20 heavy (non-hydrogen) atoms. The molecule has 0 spiro atoms. The fraction of sp³-hybridized carbons (Fsp3) is 0.500. The summed E-state index contributed by atoms with van der Waals surface area (Å²) in [5.41, 5.74) is 0.523. The lowest BCUT2D eigenvalue weighted by Crippen LogP contribution is -2.44. The van der Waals surface area contributed by atoms with E-state index in [1.54, 1.807) is 6.07 Å². The van der Waals surface area contributed by atoms with Gasteiger partial charge in [0, 0.05) is 17.0 Å². The highest BCUT2D eigenvalue weighted by atomic mass is 35.5. The van der Waals surface area contributed by atoms with Gasteiger partial charge in [0.05, 0.1) is 0 Å². The van der Waals surface area contributed by atoms with Gasteiger partial charge in [0.25, 0.3) is 0 Å². The van der Waals surface area contributed by atoms with Crippen molar-refractivity contribution in [3.63, 3.8) is 0 Å². The van der Waals surface area contributed by atoms with Crippen LogP contribution >= 0.6 is 11.6 Å². The van der Waals surface area contributed by atoms with Crippen molar-refractivity contribution in [2.75, 3.05) is 0 Å². The number of carbonyl (C=O) groups is 1. The number of benzene rings is 1. The van der Waals surface area contributed by atoms with Gasteiger partial charge in [0.2, 0.25) is 0 Å². The van der Waals surface area contributed by atoms with Crippen LogP contribution in [0.5, 0.6) is 5.75 Å². The highest BCUT2D eigenvalue weighted by Gasteiger charge is 2.39. The maximum absolute atomic E-state index is 14.0. The molecule has 0 aliphatic heterocycles. The van der Waals surface area contributed by atoms with Crippen LogP contribution in [0.3, 0.4) is 0 Å². The highest BCUT2D eigenvalue weighted by molar-refractivity contribution is 6.30. The van der Waals surface area contributed by atoms with E-state index >= 15 is 0 Å². The largest absolute Gasteiger partial charge is 0.476 e. The van der Waals surface area contributed by atoms with Gasteiger partial charge in [-0.2, -0.15) is 0 Å². The Balaban J connectivity index is 2.42. The molecule has 1 aromatic carbocycles. The van der Waals surface area contributed by atoms with Crippen LogP contribution in [-0.2, 0) is 4.79 Å². The summed E-state index contributed by atoms with van der Waals surface area (Å²) in [5.74, 6) is -4.87. The van der Waals surface area contributed by atoms with Gasteiger partial charge in [-0.05, 0) is 30.9 Å². The minimum Gasteiger partial charge on any atom is -0.476 e. The van der Waals surface area contributed by atoms with E-state index in [2.05, 4.69) is 0 Å². The zero-order valence-corrected chi connectivity index (χ0v) is 11.8. The molecule has 4 nitrogen and oxygen atoms in total. The lowest BCUT2D eigenvalue weighted by molar-refractivity contribution is -0.195. The molecule has 6 heteroatoms. The fourth-order valence-electron chi connectivity index (χ4n) is 2.15. The Bertz CT molecular complexity index is 530. The predicted octanol–water partition coefficient (Wildman–Crippen LogP) is 3.31. The zero-order valence-electron chi connectivity index (χ0n) is 11.0. The molecule has 2 N–H and O–H groups in total. The minimum absolute atomic E-state index is 0.0908. The molecule has 0 saturated heterocycles. The highest BCUT2D eigenvalue weighted by Crippen LogP contribution is 2.44. The van der Waals surface area contributed by atoms with Gasteiger partial charge in [0.1, 0.15) is 0 Å². The van der Waals surface area contributed by atoms with Gasteiger partial charge in [-0.1, -0.05) is 24.9 Å². The number of halogens is 2. The summed E-state index contributed by atoms with van der Waals surface area (Å²) >= 11 is 5.84. The van der Waals surface area contributed by atoms with Crippen LogP contribution in [0.4, 0.5) is 4.39 Å². The van der Waals surface area contributed by atoms with Crippen molar-refractivity contribution in [1.82, 2.24) is 0 Å². The van der Waals surface area contributed by atoms with Gasteiger partial charge in [-0.15, -0.1) is 0 Å². The Morgan fingerprint density at radius 1 is 1.55 bits per heavy atom. The molecule has 0 amide bonds. The predicted molar refractivity (Wildman–Crippen MR) is 71.5 cm³/mol. The first-order valence-corrected chi connectivity index (χ1v) is 6.89. The number of hydrogen-bond acceptors (Lipinski definition) is 3. The average molecular weight is 303 g/mol. The normalized spacial score (nSPS) is 18.2. The van der Waals surface area contributed by atoms with E-state index in [0.717, 1.165) is 25.3 Å². The molecule has 0 aromatic heterocycles. The van der Waals surface area contributed by atoms with E-state index in [1.165, 1.54) is 6.92 Å². The first kappa shape index (κ1) is 15.1. The minimum atomic E-state index is -2.44. The van der Waals surface area contributed by atoms with Crippen LogP contribution in [0.15, 0.2) is 12.1 Å². The first-order chi connectivity index (χ1) is 9.37. The van der Waals surface area contributed by atoms with Gasteiger partial charge >= 0.3 is 11.8 Å². The van der Waals surface area contributed by atoms with Gasteiger partial charge in [0.15, 0.2) is 11.6 Å². The molecule has 0 unspecified atom stereocenters. The van der Waals surface area contributed by atoms with Crippen molar-refractivity contribution in [3.8, 4) is 5.75 Å². The quantitative estimate of drug-likeness (QED) is 0.819. The third-order valence-corrected chi connectivity index (χ3v) is 3.88. The van der Waals surface area contributed by atoms with Crippen LogP contribution in [0.1, 0.15) is 44.1 Å². The Hall–Kier alpha value is -1.33. The molecule has 0 radical (unpaired) electrons. The lowest BCUT2D eigenvalue weighted by Gasteiger charge is -2.31. The Kier molecular flexibility index (Phi) is 4.20. The smallest absolute Gasteiger partial charge is 0.377 e. The number of rotatable bonds is 5. The first-order valence-electron chi connectivity index (χ1n) is 6.51. The topological polar surface area (TPSA) is 66.8 Å². The summed E-state index contributed by atoms with van der Waals surface area (Å²) in [4.78, 5) is 11.1. The second-order valence-electron chi connectivity index (χ2n) is 4.98. The summed E-state index contributed by atoms with van der Waals surface area (Å²) in [5, 5.41) is 19.2. The molecule has 1 fully saturated rings. The number of aliphatic hydroxyl groups is 1. The summed E-state index contributed by atoms with van der Waals surface area (Å²) in [6.45, 7) is 1.45. The van der Waals surface area contributed by atoms with Gasteiger partial charge in [-0.25, -0.2) is 9.18 Å². The molecular formula is C14H16ClFO4. The molecular weight excluding hydrogens is 287 g/mol. The standard InChI is InChI=1S/C14H16ClFO4/c1-2-14(19,13(17)18)20-12-10(8-4-3-5-8)6-9(15)7-11(12)16/h6-8,19H,2-5H2,1H3,(H,17,18)/t14-/m1/s1. The Labute approximate surface area is 121 Å². The summed E-state index contributed by atoms with van der Waals surface area (Å²) in [6, 6.07) is 2.62. The van der Waals surface area contributed by atoms with Crippen molar-refractivity contribution >= 4 is 17.6 Å². The summed E-state index contributed by atoms with van der Waals surface area (Å²) < 4.78 is 19.2. The van der Waals surface area contributed by atoms with Gasteiger partial charge in [-0.3, -0.25) is 0 Å². The number of hydrogen-bond donors (Lipinski definition) is 2. The monoisotopic (exact) mass is 302 g/mol. The molecule has 110 valence electrons. The van der Waals surface area contributed by atoms with E-state index in [-0.39, 0.29) is 23.1 Å². The molecule has 1 atom stereocenters. The maximum atomic E-state index is 14.0. The van der Waals surface area contributed by atoms with Crippen molar-refractivity contribution in [2.45, 2.75) is 44.3 Å². The van der Waals surface area contributed by atoms with Gasteiger partial charge < -0.3 is 14.9 Å². The average Bonchev–Trinajstić information content (AvgIpc) is 2.30. The molecule has 0 bridgehead atoms. The Morgan fingerprint density at radius 2 is 2.20 bits per heavy atom. The van der Waals surface area contributed by atoms with E-state index in [1.807, 2.05) is 0 Å². The molecule has 1 aliphatic carbocycles. The molecule has 1 aliphatic rings. The van der Waals surface area contributed by atoms with Crippen molar-refractivity contribution in [3.05, 3.63) is 28.5 Å². The maximum Gasteiger partial charge on any atom is 0.377 e. The number of ether oxygens (including phenoxy) is 1. The number of carboxylic acids is 1. The lowest BCUT2D eigenvalue weighted by atomic mass is 9.79. The van der Waals surface area contributed by atoms with Crippen LogP contribution in [0, 0.1) is 5.82 Å². The van der Waals surface area contributed by atoms with Crippen molar-refractivity contribution in [1.29, 1.82) is 0 Å². The van der Waals surface area contributed by atoms with E-state index in [0.29, 0.717) is 5.56 Å².